The molecule has 0 aromatic heterocycles. The maximum atomic E-state index is 11.8. The second kappa shape index (κ2) is 8.79. The highest BCUT2D eigenvalue weighted by Gasteiger charge is 2.18. The van der Waals surface area contributed by atoms with Gasteiger partial charge in [0.15, 0.2) is 0 Å². The highest BCUT2D eigenvalue weighted by molar-refractivity contribution is 5.72. The summed E-state index contributed by atoms with van der Waals surface area (Å²) in [7, 11) is 1.41. The molecule has 2 rings (SSSR count). The second-order valence-corrected chi connectivity index (χ2v) is 5.37. The van der Waals surface area contributed by atoms with Gasteiger partial charge in [0.25, 0.3) is 0 Å². The van der Waals surface area contributed by atoms with Crippen molar-refractivity contribution in [2.24, 2.45) is 5.92 Å². The van der Waals surface area contributed by atoms with Gasteiger partial charge >= 0.3 is 5.97 Å². The molecular formula is C20H22O3. The molecule has 120 valence electrons. The lowest BCUT2D eigenvalue weighted by molar-refractivity contribution is -0.145. The standard InChI is InChI=1S/C20H22O3/c1-3-8-18(20(21)22-2)13-17-11-7-12-19(14-17)23-15-16-9-5-4-6-10-16/h3-7,9-12,14,18H,1,8,13,15H2,2H3. The third kappa shape index (κ3) is 5.29. The topological polar surface area (TPSA) is 35.5 Å². The Morgan fingerprint density at radius 2 is 1.87 bits per heavy atom. The summed E-state index contributed by atoms with van der Waals surface area (Å²) in [4.78, 5) is 11.8. The van der Waals surface area contributed by atoms with Crippen LogP contribution in [0.1, 0.15) is 17.5 Å². The number of hydrogen-bond donors (Lipinski definition) is 0. The number of rotatable bonds is 8. The molecule has 0 saturated carbocycles. The maximum Gasteiger partial charge on any atom is 0.309 e. The average molecular weight is 310 g/mol. The molecule has 23 heavy (non-hydrogen) atoms. The summed E-state index contributed by atoms with van der Waals surface area (Å²) < 4.78 is 10.7. The normalized spacial score (nSPS) is 11.5. The Labute approximate surface area is 137 Å². The molecule has 2 aromatic carbocycles. The van der Waals surface area contributed by atoms with Gasteiger partial charge in [-0.3, -0.25) is 4.79 Å². The summed E-state index contributed by atoms with van der Waals surface area (Å²) >= 11 is 0. The quantitative estimate of drug-likeness (QED) is 0.542. The Morgan fingerprint density at radius 3 is 2.57 bits per heavy atom. The third-order valence-corrected chi connectivity index (χ3v) is 3.61. The first-order valence-electron chi connectivity index (χ1n) is 7.67. The van der Waals surface area contributed by atoms with Gasteiger partial charge in [-0.15, -0.1) is 6.58 Å². The molecule has 1 atom stereocenters. The summed E-state index contributed by atoms with van der Waals surface area (Å²) in [6, 6.07) is 17.9. The first-order chi connectivity index (χ1) is 11.2. The van der Waals surface area contributed by atoms with E-state index < -0.39 is 0 Å². The van der Waals surface area contributed by atoms with E-state index in [-0.39, 0.29) is 11.9 Å². The third-order valence-electron chi connectivity index (χ3n) is 3.61. The van der Waals surface area contributed by atoms with Crippen LogP contribution >= 0.6 is 0 Å². The average Bonchev–Trinajstić information content (AvgIpc) is 2.60. The Kier molecular flexibility index (Phi) is 6.42. The SMILES string of the molecule is C=CCC(Cc1cccc(OCc2ccccc2)c1)C(=O)OC. The van der Waals surface area contributed by atoms with Crippen LogP contribution in [0.15, 0.2) is 67.3 Å². The van der Waals surface area contributed by atoms with E-state index >= 15 is 0 Å². The Morgan fingerprint density at radius 1 is 1.13 bits per heavy atom. The molecule has 0 N–H and O–H groups in total. The van der Waals surface area contributed by atoms with Crippen LogP contribution in [-0.4, -0.2) is 13.1 Å². The summed E-state index contributed by atoms with van der Waals surface area (Å²) in [6.45, 7) is 4.23. The van der Waals surface area contributed by atoms with E-state index in [9.17, 15) is 4.79 Å². The summed E-state index contributed by atoms with van der Waals surface area (Å²) in [5.74, 6) is 0.385. The molecule has 0 aliphatic rings. The van der Waals surface area contributed by atoms with Crippen LogP contribution in [0.5, 0.6) is 5.75 Å². The van der Waals surface area contributed by atoms with Crippen molar-refractivity contribution < 1.29 is 14.3 Å². The zero-order valence-electron chi connectivity index (χ0n) is 13.4. The van der Waals surface area contributed by atoms with Crippen LogP contribution in [0.4, 0.5) is 0 Å². The summed E-state index contributed by atoms with van der Waals surface area (Å²) in [5.41, 5.74) is 2.17. The summed E-state index contributed by atoms with van der Waals surface area (Å²) in [6.07, 6.45) is 2.96. The molecule has 0 spiro atoms. The van der Waals surface area contributed by atoms with Crippen LogP contribution in [-0.2, 0) is 22.6 Å². The molecule has 1 unspecified atom stereocenters. The molecule has 3 heteroatoms. The van der Waals surface area contributed by atoms with Crippen molar-refractivity contribution in [2.75, 3.05) is 7.11 Å². The number of esters is 1. The molecule has 0 aliphatic carbocycles. The van der Waals surface area contributed by atoms with Crippen LogP contribution < -0.4 is 4.74 Å². The molecule has 0 bridgehead atoms. The molecule has 0 aliphatic heterocycles. The molecular weight excluding hydrogens is 288 g/mol. The lowest BCUT2D eigenvalue weighted by Gasteiger charge is -2.13. The number of allylic oxidation sites excluding steroid dienone is 1. The number of hydrogen-bond acceptors (Lipinski definition) is 3. The fraction of sp³-hybridized carbons (Fsp3) is 0.250. The predicted molar refractivity (Wildman–Crippen MR) is 91.2 cm³/mol. The van der Waals surface area contributed by atoms with Gasteiger partial charge < -0.3 is 9.47 Å². The molecule has 0 radical (unpaired) electrons. The molecule has 0 amide bonds. The molecule has 2 aromatic rings. The van der Waals surface area contributed by atoms with Crippen molar-refractivity contribution in [3.05, 3.63) is 78.4 Å². The lowest BCUT2D eigenvalue weighted by atomic mass is 9.96. The first-order valence-corrected chi connectivity index (χ1v) is 7.67. The predicted octanol–water partition coefficient (Wildman–Crippen LogP) is 4.17. The minimum atomic E-state index is -0.208. The van der Waals surface area contributed by atoms with Crippen LogP contribution in [0.25, 0.3) is 0 Å². The Balaban J connectivity index is 2.01. The van der Waals surface area contributed by atoms with E-state index in [2.05, 4.69) is 6.58 Å². The van der Waals surface area contributed by atoms with Crippen molar-refractivity contribution in [3.8, 4) is 5.75 Å². The number of ether oxygens (including phenoxy) is 2. The highest BCUT2D eigenvalue weighted by atomic mass is 16.5. The van der Waals surface area contributed by atoms with Gasteiger partial charge in [0.2, 0.25) is 0 Å². The van der Waals surface area contributed by atoms with Gasteiger partial charge in [0.1, 0.15) is 12.4 Å². The fourth-order valence-electron chi connectivity index (χ4n) is 2.42. The van der Waals surface area contributed by atoms with E-state index in [0.717, 1.165) is 16.9 Å². The Bertz CT molecular complexity index is 634. The Hall–Kier alpha value is -2.55. The molecule has 0 fully saturated rings. The second-order valence-electron chi connectivity index (χ2n) is 5.37. The van der Waals surface area contributed by atoms with Crippen LogP contribution in [0.3, 0.4) is 0 Å². The largest absolute Gasteiger partial charge is 0.489 e. The van der Waals surface area contributed by atoms with Gasteiger partial charge in [-0.25, -0.2) is 0 Å². The molecule has 0 saturated heterocycles. The van der Waals surface area contributed by atoms with Crippen molar-refractivity contribution in [1.82, 2.24) is 0 Å². The molecule has 0 heterocycles. The van der Waals surface area contributed by atoms with E-state index in [1.165, 1.54) is 7.11 Å². The first kappa shape index (κ1) is 16.8. The smallest absolute Gasteiger partial charge is 0.309 e. The van der Waals surface area contributed by atoms with Gasteiger partial charge in [-0.05, 0) is 36.1 Å². The fourth-order valence-corrected chi connectivity index (χ4v) is 2.42. The van der Waals surface area contributed by atoms with Crippen molar-refractivity contribution in [2.45, 2.75) is 19.4 Å². The number of carbonyl (C=O) groups excluding carboxylic acids is 1. The molecule has 3 nitrogen and oxygen atoms in total. The van der Waals surface area contributed by atoms with E-state index in [4.69, 9.17) is 9.47 Å². The van der Waals surface area contributed by atoms with Crippen molar-refractivity contribution in [1.29, 1.82) is 0 Å². The minimum Gasteiger partial charge on any atom is -0.489 e. The zero-order chi connectivity index (χ0) is 16.5. The summed E-state index contributed by atoms with van der Waals surface area (Å²) in [5, 5.41) is 0. The highest BCUT2D eigenvalue weighted by Crippen LogP contribution is 2.20. The number of carbonyl (C=O) groups is 1. The van der Waals surface area contributed by atoms with Crippen LogP contribution in [0.2, 0.25) is 0 Å². The van der Waals surface area contributed by atoms with E-state index in [1.54, 1.807) is 6.08 Å². The van der Waals surface area contributed by atoms with Gasteiger partial charge in [-0.1, -0.05) is 48.5 Å². The number of methoxy groups -OCH3 is 1. The zero-order valence-corrected chi connectivity index (χ0v) is 13.4. The van der Waals surface area contributed by atoms with Crippen LogP contribution in [0, 0.1) is 5.92 Å². The monoisotopic (exact) mass is 310 g/mol. The van der Waals surface area contributed by atoms with Crippen molar-refractivity contribution >= 4 is 5.97 Å². The van der Waals surface area contributed by atoms with E-state index in [0.29, 0.717) is 19.4 Å². The van der Waals surface area contributed by atoms with Crippen molar-refractivity contribution in [3.63, 3.8) is 0 Å². The maximum absolute atomic E-state index is 11.8. The van der Waals surface area contributed by atoms with Gasteiger partial charge in [0.05, 0.1) is 13.0 Å². The number of benzene rings is 2. The lowest BCUT2D eigenvalue weighted by Crippen LogP contribution is -2.18. The van der Waals surface area contributed by atoms with Gasteiger partial charge in [0, 0.05) is 0 Å². The minimum absolute atomic E-state index is 0.207. The van der Waals surface area contributed by atoms with E-state index in [1.807, 2.05) is 54.6 Å². The van der Waals surface area contributed by atoms with Gasteiger partial charge in [-0.2, -0.15) is 0 Å².